The zero-order valence-corrected chi connectivity index (χ0v) is 17.3. The van der Waals surface area contributed by atoms with Crippen LogP contribution in [0.1, 0.15) is 59.3 Å². The number of rotatable bonds is 8. The van der Waals surface area contributed by atoms with Crippen LogP contribution in [0.2, 0.25) is 0 Å². The lowest BCUT2D eigenvalue weighted by atomic mass is 9.99. The highest BCUT2D eigenvalue weighted by Crippen LogP contribution is 2.20. The third-order valence-electron chi connectivity index (χ3n) is 5.68. The van der Waals surface area contributed by atoms with E-state index in [9.17, 15) is 5.11 Å². The van der Waals surface area contributed by atoms with Crippen LogP contribution in [0.4, 0.5) is 0 Å². The number of aliphatic hydroxyl groups excluding tert-OH is 1. The van der Waals surface area contributed by atoms with Gasteiger partial charge in [0.05, 0.1) is 12.6 Å². The summed E-state index contributed by atoms with van der Waals surface area (Å²) in [5, 5.41) is 16.4. The second-order valence-electron chi connectivity index (χ2n) is 8.41. The van der Waals surface area contributed by atoms with Crippen LogP contribution in [-0.2, 0) is 0 Å². The molecule has 152 valence electrons. The summed E-state index contributed by atoms with van der Waals surface area (Å²) in [6, 6.07) is 0. The van der Waals surface area contributed by atoms with Gasteiger partial charge in [0.15, 0.2) is 5.96 Å². The lowest BCUT2D eigenvalue weighted by Gasteiger charge is -2.40. The Bertz CT molecular complexity index is 412. The molecule has 0 bridgehead atoms. The average molecular weight is 368 g/mol. The number of piperidine rings is 2. The van der Waals surface area contributed by atoms with Crippen molar-refractivity contribution in [2.45, 2.75) is 70.9 Å². The second kappa shape index (κ2) is 11.1. The summed E-state index contributed by atoms with van der Waals surface area (Å²) in [7, 11) is 0. The van der Waals surface area contributed by atoms with Gasteiger partial charge in [-0.15, -0.1) is 0 Å². The zero-order valence-electron chi connectivity index (χ0n) is 17.3. The van der Waals surface area contributed by atoms with Crippen LogP contribution in [0, 0.1) is 0 Å². The van der Waals surface area contributed by atoms with Crippen molar-refractivity contribution in [3.8, 4) is 0 Å². The van der Waals surface area contributed by atoms with Gasteiger partial charge in [-0.2, -0.15) is 0 Å². The van der Waals surface area contributed by atoms with E-state index in [2.05, 4.69) is 41.2 Å². The molecule has 2 saturated heterocycles. The molecule has 2 heterocycles. The molecule has 0 unspecified atom stereocenters. The normalized spacial score (nSPS) is 21.8. The molecule has 2 aliphatic rings. The molecule has 3 N–H and O–H groups in total. The fraction of sp³-hybridized carbons (Fsp3) is 0.950. The minimum Gasteiger partial charge on any atom is -0.393 e. The topological polar surface area (TPSA) is 63.1 Å². The predicted octanol–water partition coefficient (Wildman–Crippen LogP) is 1.65. The average Bonchev–Trinajstić information content (AvgIpc) is 2.65. The highest BCUT2D eigenvalue weighted by atomic mass is 16.3. The van der Waals surface area contributed by atoms with Crippen molar-refractivity contribution < 1.29 is 5.11 Å². The van der Waals surface area contributed by atoms with Crippen LogP contribution in [-0.4, -0.2) is 84.9 Å². The molecule has 0 aromatic heterocycles. The molecule has 6 heteroatoms. The predicted molar refractivity (Wildman–Crippen MR) is 110 cm³/mol. The van der Waals surface area contributed by atoms with Gasteiger partial charge in [-0.05, 0) is 72.5 Å². The van der Waals surface area contributed by atoms with Crippen LogP contribution in [0.15, 0.2) is 4.99 Å². The molecule has 0 spiro atoms. The summed E-state index contributed by atoms with van der Waals surface area (Å²) in [6.07, 6.45) is 6.87. The standard InChI is InChI=1S/C20H41N5O/c1-4-21-19(22-11-8-12-24-15-9-18(26)10-16-24)23-17-20(2,3)25-13-6-5-7-14-25/h18,26H,4-17H2,1-3H3,(H2,21,22,23). The molecule has 0 aromatic rings. The smallest absolute Gasteiger partial charge is 0.191 e. The number of likely N-dealkylation sites (tertiary alicyclic amines) is 2. The second-order valence-corrected chi connectivity index (χ2v) is 8.41. The maximum Gasteiger partial charge on any atom is 0.191 e. The fourth-order valence-electron chi connectivity index (χ4n) is 3.87. The van der Waals surface area contributed by atoms with E-state index in [0.29, 0.717) is 0 Å². The monoisotopic (exact) mass is 367 g/mol. The zero-order chi connectivity index (χ0) is 18.8. The van der Waals surface area contributed by atoms with Crippen molar-refractivity contribution in [3.05, 3.63) is 0 Å². The molecule has 2 rings (SSSR count). The van der Waals surface area contributed by atoms with Crippen molar-refractivity contribution in [2.24, 2.45) is 4.99 Å². The Hall–Kier alpha value is -0.850. The quantitative estimate of drug-likeness (QED) is 0.346. The highest BCUT2D eigenvalue weighted by molar-refractivity contribution is 5.79. The maximum atomic E-state index is 9.58. The minimum absolute atomic E-state index is 0.0832. The molecule has 2 fully saturated rings. The molecule has 2 aliphatic heterocycles. The largest absolute Gasteiger partial charge is 0.393 e. The first-order chi connectivity index (χ1) is 12.5. The van der Waals surface area contributed by atoms with E-state index in [4.69, 9.17) is 4.99 Å². The molecular weight excluding hydrogens is 326 g/mol. The number of aliphatic imine (C=N–C) groups is 1. The number of nitrogens with zero attached hydrogens (tertiary/aromatic N) is 3. The summed E-state index contributed by atoms with van der Waals surface area (Å²) in [5.74, 6) is 0.937. The number of hydrogen-bond donors (Lipinski definition) is 3. The van der Waals surface area contributed by atoms with Gasteiger partial charge in [-0.25, -0.2) is 0 Å². The first-order valence-electron chi connectivity index (χ1n) is 10.7. The van der Waals surface area contributed by atoms with Gasteiger partial charge in [0, 0.05) is 31.7 Å². The van der Waals surface area contributed by atoms with E-state index in [-0.39, 0.29) is 11.6 Å². The van der Waals surface area contributed by atoms with Crippen LogP contribution < -0.4 is 10.6 Å². The van der Waals surface area contributed by atoms with Crippen molar-refractivity contribution in [3.63, 3.8) is 0 Å². The van der Waals surface area contributed by atoms with E-state index in [1.54, 1.807) is 0 Å². The Balaban J connectivity index is 1.71. The SMILES string of the molecule is CCNC(=NCC(C)(C)N1CCCCC1)NCCCN1CCC(O)CC1. The van der Waals surface area contributed by atoms with Crippen molar-refractivity contribution in [2.75, 3.05) is 52.4 Å². The number of guanidine groups is 1. The Labute approximate surface area is 160 Å². The van der Waals surface area contributed by atoms with E-state index >= 15 is 0 Å². The van der Waals surface area contributed by atoms with Crippen LogP contribution in [0.25, 0.3) is 0 Å². The van der Waals surface area contributed by atoms with Gasteiger partial charge >= 0.3 is 0 Å². The molecule has 0 radical (unpaired) electrons. The van der Waals surface area contributed by atoms with E-state index < -0.39 is 0 Å². The van der Waals surface area contributed by atoms with Gasteiger partial charge in [-0.3, -0.25) is 9.89 Å². The van der Waals surface area contributed by atoms with Gasteiger partial charge in [0.1, 0.15) is 0 Å². The van der Waals surface area contributed by atoms with Crippen LogP contribution >= 0.6 is 0 Å². The first kappa shape index (κ1) is 21.5. The summed E-state index contributed by atoms with van der Waals surface area (Å²) < 4.78 is 0. The van der Waals surface area contributed by atoms with Crippen LogP contribution in [0.3, 0.4) is 0 Å². The van der Waals surface area contributed by atoms with Crippen molar-refractivity contribution in [1.29, 1.82) is 0 Å². The Morgan fingerprint density at radius 2 is 1.77 bits per heavy atom. The van der Waals surface area contributed by atoms with E-state index in [0.717, 1.165) is 64.5 Å². The lowest BCUT2D eigenvalue weighted by Crippen LogP contribution is -2.49. The molecular formula is C20H41N5O. The van der Waals surface area contributed by atoms with E-state index in [1.807, 2.05) is 0 Å². The third-order valence-corrected chi connectivity index (χ3v) is 5.68. The fourth-order valence-corrected chi connectivity index (χ4v) is 3.87. The molecule has 6 nitrogen and oxygen atoms in total. The third kappa shape index (κ3) is 7.41. The van der Waals surface area contributed by atoms with Gasteiger partial charge in [0.2, 0.25) is 0 Å². The van der Waals surface area contributed by atoms with Gasteiger partial charge in [0.25, 0.3) is 0 Å². The number of aliphatic hydroxyl groups is 1. The summed E-state index contributed by atoms with van der Waals surface area (Å²) >= 11 is 0. The highest BCUT2D eigenvalue weighted by Gasteiger charge is 2.27. The molecule has 0 aliphatic carbocycles. The molecule has 0 aromatic carbocycles. The number of nitrogens with one attached hydrogen (secondary N) is 2. The van der Waals surface area contributed by atoms with Gasteiger partial charge < -0.3 is 20.6 Å². The minimum atomic E-state index is -0.0832. The molecule has 0 saturated carbocycles. The molecule has 26 heavy (non-hydrogen) atoms. The van der Waals surface area contributed by atoms with Crippen molar-refractivity contribution in [1.82, 2.24) is 20.4 Å². The van der Waals surface area contributed by atoms with Gasteiger partial charge in [-0.1, -0.05) is 6.42 Å². The molecule has 0 amide bonds. The summed E-state index contributed by atoms with van der Waals surface area (Å²) in [5.41, 5.74) is 0.122. The maximum absolute atomic E-state index is 9.58. The molecule has 0 atom stereocenters. The summed E-state index contributed by atoms with van der Waals surface area (Å²) in [6.45, 7) is 15.0. The van der Waals surface area contributed by atoms with E-state index in [1.165, 1.54) is 32.4 Å². The van der Waals surface area contributed by atoms with Crippen molar-refractivity contribution >= 4 is 5.96 Å². The number of hydrogen-bond acceptors (Lipinski definition) is 4. The Morgan fingerprint density at radius 3 is 2.42 bits per heavy atom. The Morgan fingerprint density at radius 1 is 1.08 bits per heavy atom. The Kier molecular flexibility index (Phi) is 9.16. The first-order valence-corrected chi connectivity index (χ1v) is 10.7. The lowest BCUT2D eigenvalue weighted by molar-refractivity contribution is 0.0822. The summed E-state index contributed by atoms with van der Waals surface area (Å²) in [4.78, 5) is 9.91. The van der Waals surface area contributed by atoms with Crippen LogP contribution in [0.5, 0.6) is 0 Å².